The van der Waals surface area contributed by atoms with Gasteiger partial charge in [0.15, 0.2) is 23.1 Å². The lowest BCUT2D eigenvalue weighted by Crippen LogP contribution is -2.39. The van der Waals surface area contributed by atoms with Gasteiger partial charge in [0.25, 0.3) is 0 Å². The molecule has 1 unspecified atom stereocenters. The van der Waals surface area contributed by atoms with Crippen molar-refractivity contribution in [2.24, 2.45) is 5.73 Å². The van der Waals surface area contributed by atoms with E-state index in [2.05, 4.69) is 15.3 Å². The van der Waals surface area contributed by atoms with Crippen LogP contribution in [0.4, 0.5) is 13.2 Å². The number of ether oxygens (including phenoxy) is 1. The van der Waals surface area contributed by atoms with Crippen LogP contribution in [0, 0.1) is 17.5 Å². The van der Waals surface area contributed by atoms with Gasteiger partial charge in [0.1, 0.15) is 17.1 Å². The lowest BCUT2D eigenvalue weighted by atomic mass is 9.93. The number of pyridine rings is 1. The quantitative estimate of drug-likeness (QED) is 0.573. The number of hydrogen-bond acceptors (Lipinski definition) is 5. The zero-order chi connectivity index (χ0) is 21.4. The average Bonchev–Trinajstić information content (AvgIpc) is 3.00. The lowest BCUT2D eigenvalue weighted by molar-refractivity contribution is -0.119. The Labute approximate surface area is 170 Å². The maximum atomic E-state index is 13.5. The van der Waals surface area contributed by atoms with Gasteiger partial charge in [-0.2, -0.15) is 4.98 Å². The zero-order valence-electron chi connectivity index (χ0n) is 16.2. The first kappa shape index (κ1) is 20.1. The fourth-order valence-electron chi connectivity index (χ4n) is 3.27. The van der Waals surface area contributed by atoms with Crippen LogP contribution in [-0.4, -0.2) is 26.5 Å². The Balaban J connectivity index is 1.66. The van der Waals surface area contributed by atoms with Crippen LogP contribution in [0.5, 0.6) is 11.6 Å². The maximum absolute atomic E-state index is 13.5. The molecular weight excluding hydrogens is 399 g/mol. The van der Waals surface area contributed by atoms with E-state index in [-0.39, 0.29) is 17.7 Å². The minimum Gasteiger partial charge on any atom is -0.439 e. The molecule has 7 nitrogen and oxygen atoms in total. The van der Waals surface area contributed by atoms with Crippen LogP contribution in [0.1, 0.15) is 38.1 Å². The number of rotatable bonds is 7. The monoisotopic (exact) mass is 419 g/mol. The highest BCUT2D eigenvalue weighted by Gasteiger charge is 2.26. The summed E-state index contributed by atoms with van der Waals surface area (Å²) >= 11 is 0. The van der Waals surface area contributed by atoms with E-state index in [1.807, 2.05) is 4.57 Å². The molecule has 158 valence electrons. The van der Waals surface area contributed by atoms with Crippen LogP contribution >= 0.6 is 0 Å². The Kier molecular flexibility index (Phi) is 5.33. The van der Waals surface area contributed by atoms with Crippen LogP contribution in [0.2, 0.25) is 0 Å². The molecule has 1 fully saturated rings. The molecule has 10 heteroatoms. The van der Waals surface area contributed by atoms with Crippen molar-refractivity contribution in [1.82, 2.24) is 19.9 Å². The molecule has 2 aromatic heterocycles. The molecule has 1 aliphatic rings. The van der Waals surface area contributed by atoms with Crippen LogP contribution in [0.3, 0.4) is 0 Å². The first-order valence-electron chi connectivity index (χ1n) is 9.56. The van der Waals surface area contributed by atoms with Crippen molar-refractivity contribution < 1.29 is 22.7 Å². The van der Waals surface area contributed by atoms with Crippen molar-refractivity contribution >= 4 is 17.1 Å². The van der Waals surface area contributed by atoms with Gasteiger partial charge >= 0.3 is 0 Å². The van der Waals surface area contributed by atoms with E-state index in [1.165, 1.54) is 6.07 Å². The van der Waals surface area contributed by atoms with Crippen molar-refractivity contribution in [2.45, 2.75) is 44.8 Å². The summed E-state index contributed by atoms with van der Waals surface area (Å²) in [6.45, 7) is 1.99. The third kappa shape index (κ3) is 3.82. The summed E-state index contributed by atoms with van der Waals surface area (Å²) in [7, 11) is 0. The Bertz CT molecular complexity index is 1090. The number of aromatic nitrogens is 3. The zero-order valence-corrected chi connectivity index (χ0v) is 16.2. The third-order valence-electron chi connectivity index (χ3n) is 5.20. The molecule has 1 atom stereocenters. The first-order valence-corrected chi connectivity index (χ1v) is 9.56. The van der Waals surface area contributed by atoms with Gasteiger partial charge in [-0.15, -0.1) is 0 Å². The summed E-state index contributed by atoms with van der Waals surface area (Å²) in [6, 6.07) is 4.41. The summed E-state index contributed by atoms with van der Waals surface area (Å²) < 4.78 is 47.5. The highest BCUT2D eigenvalue weighted by molar-refractivity contribution is 5.79. The summed E-state index contributed by atoms with van der Waals surface area (Å²) in [5.41, 5.74) is 6.48. The normalized spacial score (nSPS) is 15.2. The molecule has 3 N–H and O–H groups in total. The predicted molar refractivity (Wildman–Crippen MR) is 102 cm³/mol. The number of nitrogens with two attached hydrogens (primary N) is 1. The molecule has 1 amide bonds. The van der Waals surface area contributed by atoms with Crippen molar-refractivity contribution in [3.63, 3.8) is 0 Å². The summed E-state index contributed by atoms with van der Waals surface area (Å²) in [5, 5.41) is 3.04. The van der Waals surface area contributed by atoms with Gasteiger partial charge in [-0.3, -0.25) is 10.1 Å². The molecule has 0 aliphatic heterocycles. The molecule has 0 radical (unpaired) electrons. The number of benzene rings is 1. The number of primary amides is 1. The summed E-state index contributed by atoms with van der Waals surface area (Å²) in [6.07, 6.45) is 3.01. The lowest BCUT2D eigenvalue weighted by Gasteiger charge is -2.29. The minimum absolute atomic E-state index is 0.0957. The summed E-state index contributed by atoms with van der Waals surface area (Å²) in [5.74, 6) is -4.12. The minimum atomic E-state index is -1.56. The Morgan fingerprint density at radius 1 is 1.27 bits per heavy atom. The number of hydrogen-bond donors (Lipinski definition) is 2. The molecular formula is C20H20F3N5O2. The van der Waals surface area contributed by atoms with Gasteiger partial charge < -0.3 is 15.0 Å². The Hall–Kier alpha value is -3.14. The highest BCUT2D eigenvalue weighted by atomic mass is 19.2. The van der Waals surface area contributed by atoms with E-state index in [0.29, 0.717) is 23.5 Å². The Morgan fingerprint density at radius 2 is 1.97 bits per heavy atom. The first-order chi connectivity index (χ1) is 14.3. The predicted octanol–water partition coefficient (Wildman–Crippen LogP) is 3.33. The molecule has 30 heavy (non-hydrogen) atoms. The topological polar surface area (TPSA) is 95.1 Å². The number of nitrogens with one attached hydrogen (secondary N) is 1. The number of carbonyl (C=O) groups excluding carboxylic acids is 1. The fraction of sp³-hybridized carbons (Fsp3) is 0.350. The number of amides is 1. The van der Waals surface area contributed by atoms with E-state index in [1.54, 1.807) is 13.0 Å². The van der Waals surface area contributed by atoms with E-state index in [0.717, 1.165) is 31.4 Å². The fourth-order valence-corrected chi connectivity index (χ4v) is 3.27. The van der Waals surface area contributed by atoms with Gasteiger partial charge in [-0.1, -0.05) is 0 Å². The number of halogens is 3. The molecule has 4 rings (SSSR count). The van der Waals surface area contributed by atoms with E-state index in [9.17, 15) is 18.0 Å². The molecule has 0 bridgehead atoms. The van der Waals surface area contributed by atoms with E-state index >= 15 is 0 Å². The van der Waals surface area contributed by atoms with Gasteiger partial charge in [0.05, 0.1) is 12.6 Å². The standard InChI is InChI=1S/C20H20F3N5O2/c1-10(19(24)29)25-9-16-26-15-5-6-17(27-20(15)28(16)11-3-2-4-11)30-12-7-13(21)18(23)14(22)8-12/h5-8,10-11,25H,2-4,9H2,1H3,(H2,24,29). The Morgan fingerprint density at radius 3 is 2.57 bits per heavy atom. The van der Waals surface area contributed by atoms with Gasteiger partial charge in [0.2, 0.25) is 11.8 Å². The van der Waals surface area contributed by atoms with Gasteiger partial charge in [-0.05, 0) is 32.3 Å². The highest BCUT2D eigenvalue weighted by Crippen LogP contribution is 2.36. The van der Waals surface area contributed by atoms with Crippen LogP contribution in [0.25, 0.3) is 11.2 Å². The molecule has 3 aromatic rings. The van der Waals surface area contributed by atoms with E-state index in [4.69, 9.17) is 10.5 Å². The van der Waals surface area contributed by atoms with Crippen LogP contribution in [0.15, 0.2) is 24.3 Å². The number of nitrogens with zero attached hydrogens (tertiary/aromatic N) is 3. The van der Waals surface area contributed by atoms with Crippen molar-refractivity contribution in [3.8, 4) is 11.6 Å². The molecule has 2 heterocycles. The van der Waals surface area contributed by atoms with Crippen LogP contribution in [-0.2, 0) is 11.3 Å². The molecule has 1 aliphatic carbocycles. The van der Waals surface area contributed by atoms with Crippen molar-refractivity contribution in [1.29, 1.82) is 0 Å². The van der Waals surface area contributed by atoms with Crippen molar-refractivity contribution in [3.05, 3.63) is 47.5 Å². The maximum Gasteiger partial charge on any atom is 0.234 e. The summed E-state index contributed by atoms with van der Waals surface area (Å²) in [4.78, 5) is 20.3. The van der Waals surface area contributed by atoms with Gasteiger partial charge in [0, 0.05) is 24.2 Å². The number of imidazole rings is 1. The molecule has 1 aromatic carbocycles. The second-order valence-electron chi connectivity index (χ2n) is 7.28. The molecule has 0 spiro atoms. The molecule has 0 saturated heterocycles. The second kappa shape index (κ2) is 7.94. The largest absolute Gasteiger partial charge is 0.439 e. The third-order valence-corrected chi connectivity index (χ3v) is 5.20. The average molecular weight is 419 g/mol. The van der Waals surface area contributed by atoms with Gasteiger partial charge in [-0.25, -0.2) is 18.2 Å². The molecule has 1 saturated carbocycles. The number of fused-ring (bicyclic) bond motifs is 1. The van der Waals surface area contributed by atoms with E-state index < -0.39 is 29.4 Å². The second-order valence-corrected chi connectivity index (χ2v) is 7.28. The van der Waals surface area contributed by atoms with Crippen molar-refractivity contribution in [2.75, 3.05) is 0 Å². The number of carbonyl (C=O) groups is 1. The SMILES string of the molecule is CC(NCc1nc2ccc(Oc3cc(F)c(F)c(F)c3)nc2n1C1CCC1)C(N)=O. The van der Waals surface area contributed by atoms with Crippen LogP contribution < -0.4 is 15.8 Å². The smallest absolute Gasteiger partial charge is 0.234 e.